The molecular weight excluding hydrogens is 561 g/mol. The molecule has 2 heterocycles. The largest absolute Gasteiger partial charge is 0.478 e. The minimum atomic E-state index is -4.97. The van der Waals surface area contributed by atoms with Crippen LogP contribution in [0.15, 0.2) is 36.1 Å². The predicted octanol–water partition coefficient (Wildman–Crippen LogP) is 4.53. The van der Waals surface area contributed by atoms with Crippen molar-refractivity contribution < 1.29 is 51.6 Å². The van der Waals surface area contributed by atoms with E-state index in [9.17, 15) is 27.6 Å². The number of carboxylic acid groups (broad SMARTS) is 1. The van der Waals surface area contributed by atoms with Crippen molar-refractivity contribution in [2.45, 2.75) is 88.3 Å². The second-order valence-electron chi connectivity index (χ2n) is 11.9. The molecular formula is C29H37F3N2O8. The number of morpholine rings is 1. The maximum Gasteiger partial charge on any atom is 0.449 e. The van der Waals surface area contributed by atoms with Crippen LogP contribution in [0.2, 0.25) is 0 Å². The van der Waals surface area contributed by atoms with Crippen LogP contribution in [0.3, 0.4) is 0 Å². The van der Waals surface area contributed by atoms with E-state index in [1.807, 2.05) is 0 Å². The summed E-state index contributed by atoms with van der Waals surface area (Å²) < 4.78 is 62.7. The van der Waals surface area contributed by atoms with Crippen LogP contribution < -0.4 is 10.1 Å². The lowest BCUT2D eigenvalue weighted by Crippen LogP contribution is -2.65. The van der Waals surface area contributed by atoms with E-state index in [1.54, 1.807) is 37.8 Å². The maximum absolute atomic E-state index is 13.4. The summed E-state index contributed by atoms with van der Waals surface area (Å²) in [4.78, 5) is 37.8. The molecule has 0 radical (unpaired) electrons. The molecule has 3 fully saturated rings. The Bertz CT molecular complexity index is 1190. The Kier molecular flexibility index (Phi) is 9.41. The number of carboxylic acids is 1. The average Bonchev–Trinajstić information content (AvgIpc) is 3.22. The smallest absolute Gasteiger partial charge is 0.449 e. The lowest BCUT2D eigenvalue weighted by molar-refractivity contribution is -0.138. The van der Waals surface area contributed by atoms with E-state index < -0.39 is 41.2 Å². The predicted molar refractivity (Wildman–Crippen MR) is 143 cm³/mol. The number of benzene rings is 1. The van der Waals surface area contributed by atoms with Crippen molar-refractivity contribution in [3.8, 4) is 5.75 Å². The number of nitrogens with one attached hydrogen (secondary N) is 1. The van der Waals surface area contributed by atoms with Crippen molar-refractivity contribution in [3.05, 3.63) is 41.7 Å². The molecule has 232 valence electrons. The molecule has 2 N–H and O–H groups in total. The number of halogens is 3. The molecule has 1 saturated carbocycles. The molecule has 2 atom stereocenters. The topological polar surface area (TPSA) is 124 Å². The molecule has 2 saturated heterocycles. The van der Waals surface area contributed by atoms with Crippen molar-refractivity contribution in [1.82, 2.24) is 10.2 Å². The number of likely N-dealkylation sites (tertiary alicyclic amines) is 1. The van der Waals surface area contributed by atoms with Gasteiger partial charge in [0, 0.05) is 6.54 Å². The van der Waals surface area contributed by atoms with E-state index in [0.717, 1.165) is 0 Å². The Morgan fingerprint density at radius 2 is 1.86 bits per heavy atom. The zero-order chi connectivity index (χ0) is 30.7. The Morgan fingerprint density at radius 1 is 1.17 bits per heavy atom. The first-order valence-electron chi connectivity index (χ1n) is 14.0. The Labute approximate surface area is 242 Å². The second kappa shape index (κ2) is 12.5. The number of allylic oxidation sites excluding steroid dienone is 1. The normalized spacial score (nSPS) is 27.1. The highest BCUT2D eigenvalue weighted by atomic mass is 19.4. The number of ether oxygens (including phenoxy) is 4. The first-order valence-corrected chi connectivity index (χ1v) is 14.0. The summed E-state index contributed by atoms with van der Waals surface area (Å²) in [7, 11) is 0. The van der Waals surface area contributed by atoms with Crippen LogP contribution >= 0.6 is 0 Å². The van der Waals surface area contributed by atoms with Crippen molar-refractivity contribution >= 4 is 18.0 Å². The first kappa shape index (κ1) is 31.6. The number of alkyl halides is 3. The number of carbonyl (C=O) groups is 3. The van der Waals surface area contributed by atoms with Gasteiger partial charge < -0.3 is 34.3 Å². The van der Waals surface area contributed by atoms with E-state index in [0.29, 0.717) is 44.2 Å². The third kappa shape index (κ3) is 7.74. The molecule has 42 heavy (non-hydrogen) atoms. The molecule has 2 amide bonds. The van der Waals surface area contributed by atoms with Gasteiger partial charge in [0.1, 0.15) is 18.0 Å². The van der Waals surface area contributed by atoms with Crippen LogP contribution in [-0.2, 0) is 23.8 Å². The molecule has 13 heteroatoms. The summed E-state index contributed by atoms with van der Waals surface area (Å²) in [6, 6.07) is 5.80. The van der Waals surface area contributed by atoms with Crippen LogP contribution in [0.4, 0.5) is 18.0 Å². The van der Waals surface area contributed by atoms with Crippen LogP contribution in [-0.4, -0.2) is 83.8 Å². The van der Waals surface area contributed by atoms with Crippen molar-refractivity contribution in [3.63, 3.8) is 0 Å². The minimum Gasteiger partial charge on any atom is -0.478 e. The molecule has 1 aliphatic carbocycles. The van der Waals surface area contributed by atoms with Gasteiger partial charge in [0.05, 0.1) is 37.0 Å². The van der Waals surface area contributed by atoms with E-state index in [2.05, 4.69) is 5.32 Å². The fourth-order valence-corrected chi connectivity index (χ4v) is 5.80. The van der Waals surface area contributed by atoms with Crippen LogP contribution in [0, 0.1) is 0 Å². The molecule has 1 aromatic rings. The van der Waals surface area contributed by atoms with Gasteiger partial charge in [-0.25, -0.2) is 9.59 Å². The van der Waals surface area contributed by atoms with Gasteiger partial charge in [0.25, 0.3) is 0 Å². The minimum absolute atomic E-state index is 0.0116. The molecule has 0 bridgehead atoms. The molecule has 0 aromatic heterocycles. The van der Waals surface area contributed by atoms with Crippen molar-refractivity contribution in [2.75, 3.05) is 26.4 Å². The van der Waals surface area contributed by atoms with E-state index in [4.69, 9.17) is 24.1 Å². The lowest BCUT2D eigenvalue weighted by atomic mass is 9.82. The highest BCUT2D eigenvalue weighted by Gasteiger charge is 2.53. The Hall–Kier alpha value is -3.32. The summed E-state index contributed by atoms with van der Waals surface area (Å²) >= 11 is 0. The number of rotatable bonds is 7. The fraction of sp³-hybridized carbons (Fsp3) is 0.621. The summed E-state index contributed by atoms with van der Waals surface area (Å²) in [6.45, 7) is 6.05. The SMILES string of the molecule is CC(C)(C)OC(=O)N1CCC2(COCC(=O)N2)C1CO[C@H]1CC[C@@H](c2ccccc2O/C(=C/C(=O)O)C(F)(F)F)CC1. The zero-order valence-corrected chi connectivity index (χ0v) is 23.9. The third-order valence-electron chi connectivity index (χ3n) is 7.70. The van der Waals surface area contributed by atoms with Gasteiger partial charge in [0.15, 0.2) is 0 Å². The Morgan fingerprint density at radius 3 is 2.48 bits per heavy atom. The molecule has 1 spiro atoms. The highest BCUT2D eigenvalue weighted by Crippen LogP contribution is 2.41. The number of aliphatic carboxylic acids is 1. The van der Waals surface area contributed by atoms with E-state index in [1.165, 1.54) is 12.1 Å². The van der Waals surface area contributed by atoms with Gasteiger partial charge in [-0.05, 0) is 70.4 Å². The van der Waals surface area contributed by atoms with E-state index in [-0.39, 0.29) is 49.6 Å². The van der Waals surface area contributed by atoms with Gasteiger partial charge in [-0.2, -0.15) is 13.2 Å². The van der Waals surface area contributed by atoms with Crippen LogP contribution in [0.1, 0.15) is 64.4 Å². The van der Waals surface area contributed by atoms with Gasteiger partial charge in [0.2, 0.25) is 11.7 Å². The third-order valence-corrected chi connectivity index (χ3v) is 7.70. The lowest BCUT2D eigenvalue weighted by Gasteiger charge is -2.41. The van der Waals surface area contributed by atoms with Gasteiger partial charge in [-0.15, -0.1) is 0 Å². The highest BCUT2D eigenvalue weighted by molar-refractivity contribution is 5.80. The van der Waals surface area contributed by atoms with E-state index >= 15 is 0 Å². The number of nitrogens with zero attached hydrogens (tertiary/aromatic N) is 1. The number of hydrogen-bond acceptors (Lipinski definition) is 7. The van der Waals surface area contributed by atoms with Crippen LogP contribution in [0.5, 0.6) is 5.75 Å². The summed E-state index contributed by atoms with van der Waals surface area (Å²) in [5.74, 6) is -3.78. The average molecular weight is 599 g/mol. The van der Waals surface area contributed by atoms with Crippen molar-refractivity contribution in [2.24, 2.45) is 0 Å². The monoisotopic (exact) mass is 598 g/mol. The Balaban J connectivity index is 1.42. The molecule has 10 nitrogen and oxygen atoms in total. The first-order chi connectivity index (χ1) is 19.7. The molecule has 4 rings (SSSR count). The fourth-order valence-electron chi connectivity index (χ4n) is 5.80. The maximum atomic E-state index is 13.4. The summed E-state index contributed by atoms with van der Waals surface area (Å²) in [5.41, 5.74) is -0.934. The number of hydrogen-bond donors (Lipinski definition) is 2. The van der Waals surface area contributed by atoms with Gasteiger partial charge in [-0.1, -0.05) is 18.2 Å². The van der Waals surface area contributed by atoms with Crippen molar-refractivity contribution in [1.29, 1.82) is 0 Å². The standard InChI is InChI=1S/C29H37F3N2O8/c1-27(2,3)42-26(38)34-13-12-28(17-39-16-24(35)33-28)22(34)15-40-19-10-8-18(9-11-19)20-6-4-5-7-21(20)41-23(14-25(36)37)29(30,31)32/h4-7,14,18-19,22H,8-13,15-17H2,1-3H3,(H,33,35)(H,36,37)/b23-14+/t18-,19+,22?,28?. The molecule has 2 aliphatic heterocycles. The molecule has 2 unspecified atom stereocenters. The number of para-hydroxylation sites is 1. The van der Waals surface area contributed by atoms with Crippen LogP contribution in [0.25, 0.3) is 0 Å². The van der Waals surface area contributed by atoms with Gasteiger partial charge >= 0.3 is 18.2 Å². The second-order valence-corrected chi connectivity index (χ2v) is 11.9. The molecule has 3 aliphatic rings. The molecule has 1 aromatic carbocycles. The summed E-state index contributed by atoms with van der Waals surface area (Å²) in [6.07, 6.45) is -2.74. The number of amides is 2. The number of carbonyl (C=O) groups excluding carboxylic acids is 2. The summed E-state index contributed by atoms with van der Waals surface area (Å²) in [5, 5.41) is 11.9. The quantitative estimate of drug-likeness (QED) is 0.347. The van der Waals surface area contributed by atoms with Gasteiger partial charge in [-0.3, -0.25) is 4.79 Å². The zero-order valence-electron chi connectivity index (χ0n) is 23.9.